The molecule has 0 atom stereocenters. The van der Waals surface area contributed by atoms with E-state index in [0.717, 1.165) is 12.3 Å². The van der Waals surface area contributed by atoms with Gasteiger partial charge in [0.25, 0.3) is 0 Å². The average Bonchev–Trinajstić information content (AvgIpc) is 2.47. The monoisotopic (exact) mass is 297 g/mol. The lowest BCUT2D eigenvalue weighted by Crippen LogP contribution is -2.37. The molecule has 1 aromatic heterocycles. The van der Waals surface area contributed by atoms with E-state index in [1.165, 1.54) is 0 Å². The van der Waals surface area contributed by atoms with Gasteiger partial charge in [-0.05, 0) is 19.8 Å². The number of piperidine rings is 1. The van der Waals surface area contributed by atoms with Gasteiger partial charge in [-0.3, -0.25) is 14.9 Å². The van der Waals surface area contributed by atoms with Crippen LogP contribution in [0.5, 0.6) is 0 Å². The topological polar surface area (TPSA) is 85.6 Å². The molecule has 1 saturated heterocycles. The number of hydrogen-bond acceptors (Lipinski definition) is 6. The summed E-state index contributed by atoms with van der Waals surface area (Å²) in [5.41, 5.74) is -0.357. The third-order valence-corrected chi connectivity index (χ3v) is 3.42. The van der Waals surface area contributed by atoms with E-state index in [2.05, 4.69) is 4.98 Å². The Bertz CT molecular complexity index is 544. The van der Waals surface area contributed by atoms with Crippen LogP contribution in [-0.2, 0) is 9.53 Å². The molecule has 0 spiro atoms. The van der Waals surface area contributed by atoms with Gasteiger partial charge in [0.15, 0.2) is 0 Å². The van der Waals surface area contributed by atoms with Gasteiger partial charge in [-0.1, -0.05) is 0 Å². The smallest absolute Gasteiger partial charge is 0.314 e. The summed E-state index contributed by atoms with van der Waals surface area (Å²) in [6.07, 6.45) is 2.03. The zero-order valence-electron chi connectivity index (χ0n) is 11.6. The minimum atomic E-state index is -0.744. The Morgan fingerprint density at radius 3 is 2.81 bits per heavy atom. The van der Waals surface area contributed by atoms with Gasteiger partial charge in [-0.25, -0.2) is 9.37 Å². The number of aromatic nitrogens is 1. The number of esters is 1. The summed E-state index contributed by atoms with van der Waals surface area (Å²) < 4.78 is 18.0. The van der Waals surface area contributed by atoms with Crippen molar-refractivity contribution in [1.82, 2.24) is 4.98 Å². The van der Waals surface area contributed by atoms with E-state index < -0.39 is 10.7 Å². The Morgan fingerprint density at radius 2 is 2.24 bits per heavy atom. The van der Waals surface area contributed by atoms with Crippen molar-refractivity contribution in [3.05, 3.63) is 28.2 Å². The zero-order valence-corrected chi connectivity index (χ0v) is 11.6. The van der Waals surface area contributed by atoms with Crippen LogP contribution in [0, 0.1) is 21.8 Å². The van der Waals surface area contributed by atoms with Gasteiger partial charge in [0.05, 0.1) is 29.7 Å². The highest BCUT2D eigenvalue weighted by Gasteiger charge is 2.30. The fraction of sp³-hybridized carbons (Fsp3) is 0.538. The van der Waals surface area contributed by atoms with Gasteiger partial charge in [0, 0.05) is 13.1 Å². The van der Waals surface area contributed by atoms with Crippen LogP contribution in [0.2, 0.25) is 0 Å². The van der Waals surface area contributed by atoms with Crippen molar-refractivity contribution < 1.29 is 18.8 Å². The molecule has 1 aliphatic rings. The first kappa shape index (κ1) is 15.1. The molecule has 0 N–H and O–H groups in total. The summed E-state index contributed by atoms with van der Waals surface area (Å²) in [4.78, 5) is 27.5. The van der Waals surface area contributed by atoms with Gasteiger partial charge < -0.3 is 9.64 Å². The molecule has 1 fully saturated rings. The van der Waals surface area contributed by atoms with Crippen molar-refractivity contribution in [3.63, 3.8) is 0 Å². The SMILES string of the molecule is CCOC(=O)C1CCN(c2ncc(F)cc2[N+](=O)[O-])CC1. The first-order valence-corrected chi connectivity index (χ1v) is 6.74. The van der Waals surface area contributed by atoms with Crippen LogP contribution in [0.4, 0.5) is 15.9 Å². The third kappa shape index (κ3) is 3.45. The second-order valence-electron chi connectivity index (χ2n) is 4.77. The zero-order chi connectivity index (χ0) is 15.4. The summed E-state index contributed by atoms with van der Waals surface area (Å²) in [5, 5.41) is 11.0. The van der Waals surface area contributed by atoms with Crippen LogP contribution in [0.25, 0.3) is 0 Å². The number of anilines is 1. The van der Waals surface area contributed by atoms with Crippen molar-refractivity contribution in [2.24, 2.45) is 5.92 Å². The molecule has 2 rings (SSSR count). The normalized spacial score (nSPS) is 15.8. The Balaban J connectivity index is 2.09. The summed E-state index contributed by atoms with van der Waals surface area (Å²) in [6.45, 7) is 2.98. The molecule has 7 nitrogen and oxygen atoms in total. The largest absolute Gasteiger partial charge is 0.466 e. The molecule has 1 aromatic rings. The highest BCUT2D eigenvalue weighted by atomic mass is 19.1. The van der Waals surface area contributed by atoms with Crippen LogP contribution in [0.15, 0.2) is 12.3 Å². The molecule has 0 amide bonds. The molecule has 1 aliphatic heterocycles. The van der Waals surface area contributed by atoms with Crippen molar-refractivity contribution in [1.29, 1.82) is 0 Å². The molecule has 114 valence electrons. The number of ether oxygens (including phenoxy) is 1. The maximum Gasteiger partial charge on any atom is 0.314 e. The van der Waals surface area contributed by atoms with E-state index in [1.54, 1.807) is 11.8 Å². The first-order chi connectivity index (χ1) is 10.0. The molecule has 0 unspecified atom stereocenters. The fourth-order valence-electron chi connectivity index (χ4n) is 2.39. The first-order valence-electron chi connectivity index (χ1n) is 6.74. The molecule has 8 heteroatoms. The van der Waals surface area contributed by atoms with Gasteiger partial charge in [-0.15, -0.1) is 0 Å². The van der Waals surface area contributed by atoms with E-state index in [9.17, 15) is 19.3 Å². The molecule has 0 aromatic carbocycles. The van der Waals surface area contributed by atoms with E-state index in [0.29, 0.717) is 32.5 Å². The average molecular weight is 297 g/mol. The van der Waals surface area contributed by atoms with Gasteiger partial charge in [0.1, 0.15) is 5.82 Å². The fourth-order valence-corrected chi connectivity index (χ4v) is 2.39. The number of carbonyl (C=O) groups excluding carboxylic acids is 1. The predicted octanol–water partition coefficient (Wildman–Crippen LogP) is 1.91. The maximum absolute atomic E-state index is 13.1. The number of pyridine rings is 1. The van der Waals surface area contributed by atoms with Crippen LogP contribution < -0.4 is 4.90 Å². The number of nitro groups is 1. The summed E-state index contributed by atoms with van der Waals surface area (Å²) in [6, 6.07) is 0.861. The van der Waals surface area contributed by atoms with E-state index in [1.807, 2.05) is 0 Å². The van der Waals surface area contributed by atoms with Gasteiger partial charge in [-0.2, -0.15) is 0 Å². The summed E-state index contributed by atoms with van der Waals surface area (Å²) in [5.74, 6) is -1.03. The lowest BCUT2D eigenvalue weighted by atomic mass is 9.97. The molecule has 0 saturated carbocycles. The summed E-state index contributed by atoms with van der Waals surface area (Å²) >= 11 is 0. The van der Waals surface area contributed by atoms with Crippen LogP contribution >= 0.6 is 0 Å². The van der Waals surface area contributed by atoms with Crippen molar-refractivity contribution in [2.75, 3.05) is 24.6 Å². The Kier molecular flexibility index (Phi) is 4.66. The maximum atomic E-state index is 13.1. The molecule has 0 bridgehead atoms. The number of nitrogens with zero attached hydrogens (tertiary/aromatic N) is 3. The van der Waals surface area contributed by atoms with Crippen LogP contribution in [0.1, 0.15) is 19.8 Å². The van der Waals surface area contributed by atoms with Crippen LogP contribution in [0.3, 0.4) is 0 Å². The Hall–Kier alpha value is -2.25. The minimum Gasteiger partial charge on any atom is -0.466 e. The highest BCUT2D eigenvalue weighted by Crippen LogP contribution is 2.30. The standard InChI is InChI=1S/C13H16FN3O4/c1-2-21-13(18)9-3-5-16(6-4-9)12-11(17(19)20)7-10(14)8-15-12/h7-9H,2-6H2,1H3. The van der Waals surface area contributed by atoms with E-state index in [-0.39, 0.29) is 23.4 Å². The van der Waals surface area contributed by atoms with Crippen molar-refractivity contribution >= 4 is 17.5 Å². The molecular weight excluding hydrogens is 281 g/mol. The molecule has 0 radical (unpaired) electrons. The van der Waals surface area contributed by atoms with Crippen molar-refractivity contribution in [2.45, 2.75) is 19.8 Å². The lowest BCUT2D eigenvalue weighted by molar-refractivity contribution is -0.384. The van der Waals surface area contributed by atoms with Crippen LogP contribution in [-0.4, -0.2) is 35.6 Å². The predicted molar refractivity (Wildman–Crippen MR) is 72.4 cm³/mol. The van der Waals surface area contributed by atoms with Gasteiger partial charge >= 0.3 is 11.7 Å². The van der Waals surface area contributed by atoms with Gasteiger partial charge in [0.2, 0.25) is 5.82 Å². The number of carbonyl (C=O) groups is 1. The molecule has 21 heavy (non-hydrogen) atoms. The van der Waals surface area contributed by atoms with E-state index in [4.69, 9.17) is 4.74 Å². The number of rotatable bonds is 4. The molecule has 2 heterocycles. The van der Waals surface area contributed by atoms with E-state index >= 15 is 0 Å². The minimum absolute atomic E-state index is 0.142. The molecular formula is C13H16FN3O4. The van der Waals surface area contributed by atoms with Crippen molar-refractivity contribution in [3.8, 4) is 0 Å². The second kappa shape index (κ2) is 6.47. The quantitative estimate of drug-likeness (QED) is 0.479. The number of hydrogen-bond donors (Lipinski definition) is 0. The molecule has 0 aliphatic carbocycles. The third-order valence-electron chi connectivity index (χ3n) is 3.42. The highest BCUT2D eigenvalue weighted by molar-refractivity contribution is 5.73. The number of halogens is 1. The Morgan fingerprint density at radius 1 is 1.57 bits per heavy atom. The lowest BCUT2D eigenvalue weighted by Gasteiger charge is -2.31. The second-order valence-corrected chi connectivity index (χ2v) is 4.77. The summed E-state index contributed by atoms with van der Waals surface area (Å²) in [7, 11) is 0. The Labute approximate surface area is 120 Å².